The Morgan fingerprint density at radius 1 is 0.473 bits per heavy atom. The predicted molar refractivity (Wildman–Crippen MR) is 313 cm³/mol. The van der Waals surface area contributed by atoms with Crippen LogP contribution in [0.3, 0.4) is 0 Å². The number of allylic oxidation sites excluding steroid dienone is 11. The summed E-state index contributed by atoms with van der Waals surface area (Å²) in [7, 11) is 0. The molecule has 7 atom stereocenters. The first-order chi connectivity index (χ1) is 36.3. The molecule has 0 aromatic rings. The van der Waals surface area contributed by atoms with Gasteiger partial charge in [0, 0.05) is 6.42 Å². The molecule has 0 aromatic heterocycles. The molecule has 1 rings (SSSR count). The number of hydrogen-bond donors (Lipinski definition) is 6. The van der Waals surface area contributed by atoms with Crippen molar-refractivity contribution >= 4 is 5.91 Å². The fourth-order valence-electron chi connectivity index (χ4n) is 9.64. The van der Waals surface area contributed by atoms with E-state index in [1.807, 2.05) is 6.08 Å². The van der Waals surface area contributed by atoms with Crippen molar-refractivity contribution in [2.75, 3.05) is 13.2 Å². The van der Waals surface area contributed by atoms with Crippen LogP contribution in [-0.4, -0.2) is 87.5 Å². The van der Waals surface area contributed by atoms with Crippen molar-refractivity contribution in [2.45, 2.75) is 320 Å². The third-order valence-electron chi connectivity index (χ3n) is 14.5. The van der Waals surface area contributed by atoms with Crippen molar-refractivity contribution in [3.8, 4) is 0 Å². The van der Waals surface area contributed by atoms with Gasteiger partial charge in [0.15, 0.2) is 6.29 Å². The lowest BCUT2D eigenvalue weighted by Gasteiger charge is -2.40. The van der Waals surface area contributed by atoms with E-state index in [2.05, 4.69) is 79.9 Å². The third-order valence-corrected chi connectivity index (χ3v) is 14.5. The zero-order chi connectivity index (χ0) is 53.6. The topological polar surface area (TPSA) is 149 Å². The molecule has 1 saturated heterocycles. The highest BCUT2D eigenvalue weighted by molar-refractivity contribution is 5.76. The molecule has 74 heavy (non-hydrogen) atoms. The van der Waals surface area contributed by atoms with Crippen LogP contribution in [0.4, 0.5) is 0 Å². The van der Waals surface area contributed by atoms with Crippen LogP contribution in [0, 0.1) is 0 Å². The lowest BCUT2D eigenvalue weighted by molar-refractivity contribution is -0.302. The van der Waals surface area contributed by atoms with E-state index in [4.69, 9.17) is 9.47 Å². The number of ether oxygens (including phenoxy) is 2. The Morgan fingerprint density at radius 2 is 0.851 bits per heavy atom. The molecule has 0 spiro atoms. The van der Waals surface area contributed by atoms with Crippen LogP contribution in [-0.2, 0) is 14.3 Å². The van der Waals surface area contributed by atoms with Gasteiger partial charge in [0.25, 0.3) is 0 Å². The molecule has 7 unspecified atom stereocenters. The maximum Gasteiger partial charge on any atom is 0.220 e. The summed E-state index contributed by atoms with van der Waals surface area (Å²) in [6.45, 7) is 3.62. The Morgan fingerprint density at radius 3 is 1.30 bits per heavy atom. The van der Waals surface area contributed by atoms with E-state index in [-0.39, 0.29) is 12.5 Å². The molecular weight excluding hydrogens is 923 g/mol. The standard InChI is InChI=1S/C65H117NO8/c1-3-5-7-9-11-13-15-16-17-18-19-20-21-22-23-24-25-26-27-28-29-30-31-32-33-34-35-36-37-38-39-40-41-42-43-44-45-47-49-51-53-55-61(69)66-58(57-73-65-64(72)63(71)62(70)60(56-67)74-65)59(68)54-52-50-48-46-14-12-10-8-6-4-2/h5,7,11,13-14,16-17,19-20,46,52,54,58-60,62-65,67-68,70-72H,3-4,6,8-10,12,15,18,21-45,47-51,53,55-57H2,1-2H3,(H,66,69)/b7-5-,13-11-,17-16-,20-19-,46-14+,54-52+. The minimum atomic E-state index is -1.57. The second kappa shape index (κ2) is 54.0. The van der Waals surface area contributed by atoms with Crippen LogP contribution in [0.2, 0.25) is 0 Å². The molecule has 0 aliphatic carbocycles. The van der Waals surface area contributed by atoms with Gasteiger partial charge in [-0.25, -0.2) is 0 Å². The van der Waals surface area contributed by atoms with Crippen molar-refractivity contribution in [3.63, 3.8) is 0 Å². The zero-order valence-corrected chi connectivity index (χ0v) is 47.8. The van der Waals surface area contributed by atoms with Crippen LogP contribution in [0.15, 0.2) is 72.9 Å². The number of amides is 1. The Kier molecular flexibility index (Phi) is 50.8. The second-order valence-electron chi connectivity index (χ2n) is 21.5. The summed E-state index contributed by atoms with van der Waals surface area (Å²) >= 11 is 0. The van der Waals surface area contributed by atoms with Gasteiger partial charge in [0.1, 0.15) is 24.4 Å². The molecule has 430 valence electrons. The summed E-state index contributed by atoms with van der Waals surface area (Å²) < 4.78 is 11.2. The highest BCUT2D eigenvalue weighted by atomic mass is 16.7. The average molecular weight is 1040 g/mol. The Labute approximate surface area is 455 Å². The largest absolute Gasteiger partial charge is 0.394 e. The van der Waals surface area contributed by atoms with E-state index in [1.165, 1.54) is 193 Å². The maximum absolute atomic E-state index is 13.0. The molecule has 1 aliphatic heterocycles. The van der Waals surface area contributed by atoms with Gasteiger partial charge in [-0.05, 0) is 70.6 Å². The minimum absolute atomic E-state index is 0.186. The van der Waals surface area contributed by atoms with Gasteiger partial charge in [0.05, 0.1) is 25.4 Å². The first kappa shape index (κ1) is 69.6. The molecule has 1 aliphatic rings. The first-order valence-electron chi connectivity index (χ1n) is 31.2. The molecule has 1 fully saturated rings. The Hall–Kier alpha value is -2.37. The van der Waals surface area contributed by atoms with Gasteiger partial charge in [-0.3, -0.25) is 4.79 Å². The smallest absolute Gasteiger partial charge is 0.220 e. The highest BCUT2D eigenvalue weighted by Gasteiger charge is 2.44. The monoisotopic (exact) mass is 1040 g/mol. The predicted octanol–water partition coefficient (Wildman–Crippen LogP) is 16.0. The summed E-state index contributed by atoms with van der Waals surface area (Å²) in [5.74, 6) is -0.186. The fourth-order valence-corrected chi connectivity index (χ4v) is 9.64. The summed E-state index contributed by atoms with van der Waals surface area (Å²) in [6, 6.07) is -0.820. The number of rotatable bonds is 53. The lowest BCUT2D eigenvalue weighted by atomic mass is 9.99. The number of carbonyl (C=O) groups is 1. The molecular formula is C65H117NO8. The Balaban J connectivity index is 1.99. The number of nitrogens with one attached hydrogen (secondary N) is 1. The van der Waals surface area contributed by atoms with Crippen molar-refractivity contribution in [1.29, 1.82) is 0 Å². The van der Waals surface area contributed by atoms with Crippen molar-refractivity contribution in [1.82, 2.24) is 5.32 Å². The lowest BCUT2D eigenvalue weighted by Crippen LogP contribution is -2.60. The highest BCUT2D eigenvalue weighted by Crippen LogP contribution is 2.23. The van der Waals surface area contributed by atoms with E-state index in [0.717, 1.165) is 64.2 Å². The first-order valence-corrected chi connectivity index (χ1v) is 31.2. The third kappa shape index (κ3) is 42.7. The molecule has 1 amide bonds. The van der Waals surface area contributed by atoms with Crippen LogP contribution in [0.1, 0.15) is 277 Å². The normalized spacial score (nSPS) is 19.5. The fraction of sp³-hybridized carbons (Fsp3) is 0.800. The van der Waals surface area contributed by atoms with Gasteiger partial charge in [0.2, 0.25) is 5.91 Å². The van der Waals surface area contributed by atoms with Gasteiger partial charge in [-0.2, -0.15) is 0 Å². The van der Waals surface area contributed by atoms with Gasteiger partial charge in [-0.1, -0.05) is 273 Å². The summed E-state index contributed by atoms with van der Waals surface area (Å²) in [5, 5.41) is 54.3. The van der Waals surface area contributed by atoms with E-state index in [9.17, 15) is 30.3 Å². The molecule has 0 saturated carbocycles. The summed E-state index contributed by atoms with van der Waals surface area (Å²) in [4.78, 5) is 13.0. The molecule has 6 N–H and O–H groups in total. The second-order valence-corrected chi connectivity index (χ2v) is 21.5. The van der Waals surface area contributed by atoms with E-state index in [0.29, 0.717) is 6.42 Å². The molecule has 1 heterocycles. The van der Waals surface area contributed by atoms with E-state index < -0.39 is 49.5 Å². The Bertz CT molecular complexity index is 1390. The van der Waals surface area contributed by atoms with Crippen LogP contribution in [0.25, 0.3) is 0 Å². The van der Waals surface area contributed by atoms with Crippen molar-refractivity contribution in [3.05, 3.63) is 72.9 Å². The average Bonchev–Trinajstić information content (AvgIpc) is 3.40. The van der Waals surface area contributed by atoms with Gasteiger partial charge in [-0.15, -0.1) is 0 Å². The van der Waals surface area contributed by atoms with E-state index >= 15 is 0 Å². The molecule has 0 radical (unpaired) electrons. The maximum atomic E-state index is 13.0. The molecule has 0 bridgehead atoms. The number of hydrogen-bond acceptors (Lipinski definition) is 8. The van der Waals surface area contributed by atoms with Gasteiger partial charge < -0.3 is 40.3 Å². The molecule has 0 aromatic carbocycles. The molecule has 9 nitrogen and oxygen atoms in total. The van der Waals surface area contributed by atoms with E-state index in [1.54, 1.807) is 6.08 Å². The number of aliphatic hydroxyl groups excluding tert-OH is 5. The van der Waals surface area contributed by atoms with Crippen LogP contribution < -0.4 is 5.32 Å². The quantitative estimate of drug-likeness (QED) is 0.0261. The number of carbonyl (C=O) groups excluding carboxylic acids is 1. The van der Waals surface area contributed by atoms with Crippen LogP contribution >= 0.6 is 0 Å². The zero-order valence-electron chi connectivity index (χ0n) is 47.8. The number of unbranched alkanes of at least 4 members (excludes halogenated alkanes) is 33. The minimum Gasteiger partial charge on any atom is -0.394 e. The van der Waals surface area contributed by atoms with Crippen molar-refractivity contribution in [2.24, 2.45) is 0 Å². The van der Waals surface area contributed by atoms with Crippen molar-refractivity contribution < 1.29 is 39.8 Å². The summed E-state index contributed by atoms with van der Waals surface area (Å²) in [5.41, 5.74) is 0. The number of aliphatic hydroxyl groups is 5. The molecule has 9 heteroatoms. The van der Waals surface area contributed by atoms with Crippen LogP contribution in [0.5, 0.6) is 0 Å². The summed E-state index contributed by atoms with van der Waals surface area (Å²) in [6.07, 6.45) is 68.9. The SMILES string of the molecule is CC/C=C\C/C=C\C/C=C\C/C=C\CCCCCCCCCCCCCCCCCCCCCCCCCCCCCCC(=O)NC(COC1OC(CO)C(O)C(O)C1O)C(O)/C=C/CC/C=C/CCCCCC. The van der Waals surface area contributed by atoms with Gasteiger partial charge >= 0.3 is 0 Å².